The molecule has 0 atom stereocenters. The highest BCUT2D eigenvalue weighted by molar-refractivity contribution is 9.10. The van der Waals surface area contributed by atoms with Gasteiger partial charge in [-0.2, -0.15) is 0 Å². The molecule has 0 aromatic heterocycles. The molecule has 16 heavy (non-hydrogen) atoms. The van der Waals surface area contributed by atoms with Gasteiger partial charge in [0, 0.05) is 22.9 Å². The average molecular weight is 351 g/mol. The molecule has 0 aliphatic carbocycles. The molecule has 0 aliphatic rings. The number of ether oxygens (including phenoxy) is 1. The van der Waals surface area contributed by atoms with Gasteiger partial charge in [-0.15, -0.1) is 0 Å². The zero-order chi connectivity index (χ0) is 12.0. The molecule has 0 amide bonds. The monoisotopic (exact) mass is 349 g/mol. The summed E-state index contributed by atoms with van der Waals surface area (Å²) in [6.07, 6.45) is 0. The highest BCUT2D eigenvalue weighted by atomic mass is 79.9. The van der Waals surface area contributed by atoms with Gasteiger partial charge < -0.3 is 4.74 Å². The van der Waals surface area contributed by atoms with E-state index in [-0.39, 0.29) is 0 Å². The minimum atomic E-state index is 0.910. The van der Waals surface area contributed by atoms with Crippen molar-refractivity contribution < 1.29 is 4.74 Å². The summed E-state index contributed by atoms with van der Waals surface area (Å²) in [5, 5.41) is 1.00. The third-order valence-electron chi connectivity index (χ3n) is 2.49. The third kappa shape index (κ3) is 4.07. The van der Waals surface area contributed by atoms with E-state index in [4.69, 9.17) is 4.74 Å². The Hall–Kier alpha value is -0.0600. The van der Waals surface area contributed by atoms with Crippen LogP contribution in [-0.4, -0.2) is 30.4 Å². The van der Waals surface area contributed by atoms with Gasteiger partial charge >= 0.3 is 0 Å². The van der Waals surface area contributed by atoms with E-state index < -0.39 is 0 Å². The second-order valence-corrected chi connectivity index (χ2v) is 5.16. The van der Waals surface area contributed by atoms with Crippen molar-refractivity contribution in [2.45, 2.75) is 13.5 Å². The van der Waals surface area contributed by atoms with Crippen LogP contribution in [0.15, 0.2) is 22.7 Å². The summed E-state index contributed by atoms with van der Waals surface area (Å²) in [5.74, 6) is 0.910. The molecule has 0 aliphatic heterocycles. The Bertz CT molecular complexity index is 331. The number of halogens is 2. The van der Waals surface area contributed by atoms with Crippen LogP contribution in [-0.2, 0) is 6.54 Å². The number of rotatable bonds is 6. The Kier molecular flexibility index (Phi) is 6.39. The lowest BCUT2D eigenvalue weighted by Gasteiger charge is -2.20. The van der Waals surface area contributed by atoms with Gasteiger partial charge in [-0.05, 0) is 30.3 Å². The van der Waals surface area contributed by atoms with Crippen molar-refractivity contribution in [2.75, 3.05) is 25.5 Å². The molecule has 1 aromatic carbocycles. The first-order valence-corrected chi connectivity index (χ1v) is 7.23. The van der Waals surface area contributed by atoms with Crippen LogP contribution in [0.2, 0.25) is 0 Å². The standard InChI is InChI=1S/C12H17Br2NO/c1-3-15(7-6-13)9-10-8-11(16-2)4-5-12(10)14/h4-5,8H,3,6-7,9H2,1-2H3. The summed E-state index contributed by atoms with van der Waals surface area (Å²) in [4.78, 5) is 2.38. The van der Waals surface area contributed by atoms with Crippen molar-refractivity contribution in [1.82, 2.24) is 4.90 Å². The van der Waals surface area contributed by atoms with Crippen molar-refractivity contribution in [1.29, 1.82) is 0 Å². The maximum absolute atomic E-state index is 5.24. The second kappa shape index (κ2) is 7.30. The summed E-state index contributed by atoms with van der Waals surface area (Å²) in [6, 6.07) is 6.09. The molecule has 0 saturated heterocycles. The van der Waals surface area contributed by atoms with E-state index >= 15 is 0 Å². The molecule has 90 valence electrons. The molecule has 4 heteroatoms. The number of methoxy groups -OCH3 is 1. The Balaban J connectivity index is 2.77. The maximum atomic E-state index is 5.24. The van der Waals surface area contributed by atoms with E-state index in [9.17, 15) is 0 Å². The molecule has 0 spiro atoms. The molecular weight excluding hydrogens is 334 g/mol. The van der Waals surface area contributed by atoms with Crippen molar-refractivity contribution in [3.8, 4) is 5.75 Å². The van der Waals surface area contributed by atoms with Gasteiger partial charge in [-0.1, -0.05) is 38.8 Å². The lowest BCUT2D eigenvalue weighted by molar-refractivity contribution is 0.298. The van der Waals surface area contributed by atoms with Gasteiger partial charge in [-0.25, -0.2) is 0 Å². The average Bonchev–Trinajstić information content (AvgIpc) is 2.31. The van der Waals surface area contributed by atoms with Crippen LogP contribution < -0.4 is 4.74 Å². The summed E-state index contributed by atoms with van der Waals surface area (Å²) in [7, 11) is 1.70. The molecule has 0 N–H and O–H groups in total. The molecular formula is C12H17Br2NO. The van der Waals surface area contributed by atoms with E-state index in [0.29, 0.717) is 0 Å². The molecule has 0 unspecified atom stereocenters. The highest BCUT2D eigenvalue weighted by Gasteiger charge is 2.07. The number of benzene rings is 1. The molecule has 2 nitrogen and oxygen atoms in total. The quantitative estimate of drug-likeness (QED) is 0.726. The maximum Gasteiger partial charge on any atom is 0.119 e. The van der Waals surface area contributed by atoms with E-state index in [1.54, 1.807) is 7.11 Å². The van der Waals surface area contributed by atoms with Crippen LogP contribution in [0.1, 0.15) is 12.5 Å². The predicted molar refractivity (Wildman–Crippen MR) is 75.4 cm³/mol. The van der Waals surface area contributed by atoms with Gasteiger partial charge in [0.2, 0.25) is 0 Å². The fourth-order valence-electron chi connectivity index (χ4n) is 1.51. The first-order valence-electron chi connectivity index (χ1n) is 5.32. The summed E-state index contributed by atoms with van der Waals surface area (Å²) in [6.45, 7) is 5.23. The van der Waals surface area contributed by atoms with Crippen LogP contribution in [0.5, 0.6) is 5.75 Å². The summed E-state index contributed by atoms with van der Waals surface area (Å²) >= 11 is 7.05. The lowest BCUT2D eigenvalue weighted by Crippen LogP contribution is -2.25. The van der Waals surface area contributed by atoms with Crippen LogP contribution in [0, 0.1) is 0 Å². The topological polar surface area (TPSA) is 12.5 Å². The zero-order valence-electron chi connectivity index (χ0n) is 9.67. The van der Waals surface area contributed by atoms with E-state index in [1.165, 1.54) is 5.56 Å². The Morgan fingerprint density at radius 2 is 2.12 bits per heavy atom. The first kappa shape index (κ1) is 14.0. The Morgan fingerprint density at radius 1 is 1.38 bits per heavy atom. The van der Waals surface area contributed by atoms with Gasteiger partial charge in [0.1, 0.15) is 5.75 Å². The van der Waals surface area contributed by atoms with Gasteiger partial charge in [0.15, 0.2) is 0 Å². The Labute approximate surface area is 114 Å². The molecule has 0 radical (unpaired) electrons. The molecule has 0 fully saturated rings. The number of alkyl halides is 1. The smallest absolute Gasteiger partial charge is 0.119 e. The fourth-order valence-corrected chi connectivity index (χ4v) is 2.38. The Morgan fingerprint density at radius 3 is 2.69 bits per heavy atom. The van der Waals surface area contributed by atoms with Crippen LogP contribution in [0.25, 0.3) is 0 Å². The van der Waals surface area contributed by atoms with Gasteiger partial charge in [0.25, 0.3) is 0 Å². The van der Waals surface area contributed by atoms with E-state index in [2.05, 4.69) is 49.7 Å². The molecule has 0 bridgehead atoms. The van der Waals surface area contributed by atoms with Crippen LogP contribution in [0.3, 0.4) is 0 Å². The third-order valence-corrected chi connectivity index (χ3v) is 3.62. The fraction of sp³-hybridized carbons (Fsp3) is 0.500. The van der Waals surface area contributed by atoms with Crippen LogP contribution >= 0.6 is 31.9 Å². The van der Waals surface area contributed by atoms with Gasteiger partial charge in [-0.3, -0.25) is 4.90 Å². The number of nitrogens with zero attached hydrogens (tertiary/aromatic N) is 1. The molecule has 1 rings (SSSR count). The minimum Gasteiger partial charge on any atom is -0.497 e. The molecule has 0 heterocycles. The van der Waals surface area contributed by atoms with E-state index in [1.807, 2.05) is 12.1 Å². The first-order chi connectivity index (χ1) is 7.71. The normalized spacial score (nSPS) is 10.8. The lowest BCUT2D eigenvalue weighted by atomic mass is 10.2. The van der Waals surface area contributed by atoms with Crippen molar-refractivity contribution in [3.05, 3.63) is 28.2 Å². The van der Waals surface area contributed by atoms with Crippen LogP contribution in [0.4, 0.5) is 0 Å². The number of hydrogen-bond acceptors (Lipinski definition) is 2. The summed E-state index contributed by atoms with van der Waals surface area (Å²) < 4.78 is 6.38. The van der Waals surface area contributed by atoms with Gasteiger partial charge in [0.05, 0.1) is 7.11 Å². The minimum absolute atomic E-state index is 0.910. The molecule has 1 aromatic rings. The predicted octanol–water partition coefficient (Wildman–Crippen LogP) is 3.67. The van der Waals surface area contributed by atoms with Crippen molar-refractivity contribution in [3.63, 3.8) is 0 Å². The largest absolute Gasteiger partial charge is 0.497 e. The zero-order valence-corrected chi connectivity index (χ0v) is 12.8. The molecule has 0 saturated carbocycles. The SMILES string of the molecule is CCN(CCBr)Cc1cc(OC)ccc1Br. The van der Waals surface area contributed by atoms with Crippen molar-refractivity contribution in [2.24, 2.45) is 0 Å². The number of hydrogen-bond donors (Lipinski definition) is 0. The highest BCUT2D eigenvalue weighted by Crippen LogP contribution is 2.23. The second-order valence-electron chi connectivity index (χ2n) is 3.52. The summed E-state index contributed by atoms with van der Waals surface area (Å²) in [5.41, 5.74) is 1.27. The van der Waals surface area contributed by atoms with E-state index in [0.717, 1.165) is 35.2 Å². The van der Waals surface area contributed by atoms with Crippen molar-refractivity contribution >= 4 is 31.9 Å².